The summed E-state index contributed by atoms with van der Waals surface area (Å²) >= 11 is 0. The van der Waals surface area contributed by atoms with Gasteiger partial charge in [-0.25, -0.2) is 12.7 Å². The number of piperidine rings is 1. The van der Waals surface area contributed by atoms with Crippen LogP contribution < -0.4 is 0 Å². The van der Waals surface area contributed by atoms with Crippen molar-refractivity contribution in [1.29, 1.82) is 0 Å². The summed E-state index contributed by atoms with van der Waals surface area (Å²) in [6.07, 6.45) is 2.52. The Morgan fingerprint density at radius 1 is 1.14 bits per heavy atom. The molecule has 6 heteroatoms. The Morgan fingerprint density at radius 3 is 2.07 bits per heavy atom. The van der Waals surface area contributed by atoms with Crippen LogP contribution in [0.1, 0.15) is 12.8 Å². The predicted molar refractivity (Wildman–Crippen MR) is 50.3 cm³/mol. The molecule has 0 atom stereocenters. The van der Waals surface area contributed by atoms with Crippen molar-refractivity contribution in [3.63, 3.8) is 0 Å². The second-order valence-electron chi connectivity index (χ2n) is 3.77. The van der Waals surface area contributed by atoms with E-state index in [2.05, 4.69) is 0 Å². The van der Waals surface area contributed by atoms with E-state index in [1.807, 2.05) is 0 Å². The van der Waals surface area contributed by atoms with Crippen molar-refractivity contribution in [2.45, 2.75) is 18.6 Å². The van der Waals surface area contributed by atoms with Crippen LogP contribution in [0, 0.1) is 0 Å². The molecule has 0 saturated carbocycles. The molecule has 5 nitrogen and oxygen atoms in total. The van der Waals surface area contributed by atoms with Gasteiger partial charge in [0.25, 0.3) is 0 Å². The molecule has 1 spiro atoms. The van der Waals surface area contributed by atoms with Crippen LogP contribution in [0.5, 0.6) is 0 Å². The lowest BCUT2D eigenvalue weighted by atomic mass is 10.1. The smallest absolute Gasteiger partial charge is 0.211 e. The second-order valence-corrected chi connectivity index (χ2v) is 5.75. The number of nitrogens with zero attached hydrogens (tertiary/aromatic N) is 1. The van der Waals surface area contributed by atoms with Crippen LogP contribution in [0.4, 0.5) is 0 Å². The van der Waals surface area contributed by atoms with Crippen molar-refractivity contribution in [1.82, 2.24) is 4.31 Å². The molecule has 14 heavy (non-hydrogen) atoms. The molecule has 82 valence electrons. The highest BCUT2D eigenvalue weighted by Gasteiger charge is 2.41. The van der Waals surface area contributed by atoms with Gasteiger partial charge in [-0.15, -0.1) is 0 Å². The molecule has 0 aliphatic carbocycles. The summed E-state index contributed by atoms with van der Waals surface area (Å²) in [4.78, 5) is 0. The molecule has 0 amide bonds. The summed E-state index contributed by atoms with van der Waals surface area (Å²) in [6, 6.07) is 0. The average Bonchev–Trinajstić information content (AvgIpc) is 2.53. The fourth-order valence-corrected chi connectivity index (χ4v) is 2.79. The highest BCUT2D eigenvalue weighted by Crippen LogP contribution is 2.31. The first-order valence-corrected chi connectivity index (χ1v) is 6.60. The normalized spacial score (nSPS) is 28.4. The van der Waals surface area contributed by atoms with Crippen LogP contribution in [0.15, 0.2) is 0 Å². The lowest BCUT2D eigenvalue weighted by Gasteiger charge is -2.36. The number of sulfonamides is 1. The SMILES string of the molecule is CS(=O)(=O)N1CCC2(CC1)OCCO2. The lowest BCUT2D eigenvalue weighted by molar-refractivity contribution is -0.179. The molecule has 2 fully saturated rings. The summed E-state index contributed by atoms with van der Waals surface area (Å²) in [5.41, 5.74) is 0. The van der Waals surface area contributed by atoms with E-state index in [1.54, 1.807) is 0 Å². The standard InChI is InChI=1S/C8H15NO4S/c1-14(10,11)9-4-2-8(3-5-9)12-6-7-13-8/h2-7H2,1H3. The molecule has 2 rings (SSSR count). The maximum atomic E-state index is 11.2. The number of ether oxygens (including phenoxy) is 2. The van der Waals surface area contributed by atoms with E-state index in [0.29, 0.717) is 39.1 Å². The minimum Gasteiger partial charge on any atom is -0.347 e. The van der Waals surface area contributed by atoms with Gasteiger partial charge in [-0.1, -0.05) is 0 Å². The van der Waals surface area contributed by atoms with E-state index in [4.69, 9.17) is 9.47 Å². The van der Waals surface area contributed by atoms with E-state index >= 15 is 0 Å². The first-order valence-electron chi connectivity index (χ1n) is 4.75. The van der Waals surface area contributed by atoms with Gasteiger partial charge in [0.2, 0.25) is 10.0 Å². The Kier molecular flexibility index (Phi) is 2.55. The van der Waals surface area contributed by atoms with Crippen molar-refractivity contribution in [2.24, 2.45) is 0 Å². The molecule has 0 bridgehead atoms. The third-order valence-electron chi connectivity index (χ3n) is 2.77. The van der Waals surface area contributed by atoms with Gasteiger partial charge in [0, 0.05) is 25.9 Å². The maximum Gasteiger partial charge on any atom is 0.211 e. The monoisotopic (exact) mass is 221 g/mol. The van der Waals surface area contributed by atoms with Crippen LogP contribution in [0.3, 0.4) is 0 Å². The zero-order valence-corrected chi connectivity index (χ0v) is 9.05. The van der Waals surface area contributed by atoms with E-state index in [0.717, 1.165) is 0 Å². The van der Waals surface area contributed by atoms with Crippen molar-refractivity contribution in [3.05, 3.63) is 0 Å². The van der Waals surface area contributed by atoms with Crippen molar-refractivity contribution >= 4 is 10.0 Å². The third-order valence-corrected chi connectivity index (χ3v) is 4.07. The van der Waals surface area contributed by atoms with Crippen LogP contribution in [-0.2, 0) is 19.5 Å². The topological polar surface area (TPSA) is 55.8 Å². The summed E-state index contributed by atoms with van der Waals surface area (Å²) in [5.74, 6) is -0.485. The Balaban J connectivity index is 1.98. The van der Waals surface area contributed by atoms with Crippen molar-refractivity contribution in [3.8, 4) is 0 Å². The molecule has 2 saturated heterocycles. The Labute approximate surface area is 84.0 Å². The van der Waals surface area contributed by atoms with Gasteiger partial charge >= 0.3 is 0 Å². The fraction of sp³-hybridized carbons (Fsp3) is 1.00. The minimum atomic E-state index is -3.05. The average molecular weight is 221 g/mol. The van der Waals surface area contributed by atoms with Gasteiger partial charge in [-0.05, 0) is 0 Å². The summed E-state index contributed by atoms with van der Waals surface area (Å²) < 4.78 is 34.9. The van der Waals surface area contributed by atoms with Crippen molar-refractivity contribution in [2.75, 3.05) is 32.6 Å². The molecule has 0 N–H and O–H groups in total. The van der Waals surface area contributed by atoms with Gasteiger partial charge < -0.3 is 9.47 Å². The third kappa shape index (κ3) is 1.93. The summed E-state index contributed by atoms with van der Waals surface area (Å²) in [6.45, 7) is 2.25. The molecule has 2 heterocycles. The molecule has 0 unspecified atom stereocenters. The largest absolute Gasteiger partial charge is 0.347 e. The van der Waals surface area contributed by atoms with Gasteiger partial charge in [0.1, 0.15) is 0 Å². The zero-order valence-electron chi connectivity index (χ0n) is 8.23. The Bertz CT molecular complexity index is 297. The second kappa shape index (κ2) is 3.44. The van der Waals surface area contributed by atoms with Crippen molar-refractivity contribution < 1.29 is 17.9 Å². The number of rotatable bonds is 1. The number of hydrogen-bond acceptors (Lipinski definition) is 4. The van der Waals surface area contributed by atoms with E-state index in [-0.39, 0.29) is 0 Å². The molecular weight excluding hydrogens is 206 g/mol. The molecular formula is C8H15NO4S. The van der Waals surface area contributed by atoms with Gasteiger partial charge in [0.05, 0.1) is 19.5 Å². The summed E-state index contributed by atoms with van der Waals surface area (Å²) in [7, 11) is -3.05. The molecule has 0 aromatic rings. The number of hydrogen-bond donors (Lipinski definition) is 0. The maximum absolute atomic E-state index is 11.2. The van der Waals surface area contributed by atoms with Gasteiger partial charge in [-0.2, -0.15) is 0 Å². The Morgan fingerprint density at radius 2 is 1.64 bits per heavy atom. The highest BCUT2D eigenvalue weighted by molar-refractivity contribution is 7.88. The first-order chi connectivity index (χ1) is 6.52. The van der Waals surface area contributed by atoms with E-state index in [1.165, 1.54) is 10.6 Å². The fourth-order valence-electron chi connectivity index (χ4n) is 1.94. The zero-order chi connectivity index (χ0) is 10.2. The quantitative estimate of drug-likeness (QED) is 0.614. The first kappa shape index (κ1) is 10.4. The highest BCUT2D eigenvalue weighted by atomic mass is 32.2. The molecule has 2 aliphatic heterocycles. The molecule has 0 aromatic heterocycles. The molecule has 0 radical (unpaired) electrons. The van der Waals surface area contributed by atoms with Crippen LogP contribution in [0.25, 0.3) is 0 Å². The summed E-state index contributed by atoms with van der Waals surface area (Å²) in [5, 5.41) is 0. The molecule has 2 aliphatic rings. The molecule has 0 aromatic carbocycles. The Hall–Kier alpha value is -0.170. The van der Waals surface area contributed by atoms with Crippen LogP contribution in [0.2, 0.25) is 0 Å². The predicted octanol–water partition coefficient (Wildman–Crippen LogP) is -0.215. The minimum absolute atomic E-state index is 0.485. The van der Waals surface area contributed by atoms with Gasteiger partial charge in [-0.3, -0.25) is 0 Å². The van der Waals surface area contributed by atoms with E-state index < -0.39 is 15.8 Å². The van der Waals surface area contributed by atoms with Gasteiger partial charge in [0.15, 0.2) is 5.79 Å². The van der Waals surface area contributed by atoms with Crippen LogP contribution in [-0.4, -0.2) is 51.1 Å². The lowest BCUT2D eigenvalue weighted by Crippen LogP contribution is -2.46. The van der Waals surface area contributed by atoms with Crippen LogP contribution >= 0.6 is 0 Å². The van der Waals surface area contributed by atoms with E-state index in [9.17, 15) is 8.42 Å².